The van der Waals surface area contributed by atoms with Crippen molar-refractivity contribution >= 4 is 11.8 Å². The second-order valence-corrected chi connectivity index (χ2v) is 2.72. The second-order valence-electron chi connectivity index (χ2n) is 2.72. The van der Waals surface area contributed by atoms with Crippen molar-refractivity contribution in [3.05, 3.63) is 34.2 Å². The van der Waals surface area contributed by atoms with E-state index in [2.05, 4.69) is 4.98 Å². The summed E-state index contributed by atoms with van der Waals surface area (Å²) in [6, 6.07) is 2.52. The Balaban J connectivity index is 3.12. The number of nitrogens with two attached hydrogens (primary N) is 2. The summed E-state index contributed by atoms with van der Waals surface area (Å²) in [5.74, 6) is -2.89. The van der Waals surface area contributed by atoms with Crippen LogP contribution in [0, 0.1) is 0 Å². The van der Waals surface area contributed by atoms with Crippen molar-refractivity contribution in [2.75, 3.05) is 0 Å². The van der Waals surface area contributed by atoms with Gasteiger partial charge in [0.1, 0.15) is 5.92 Å². The maximum Gasteiger partial charge on any atom is 0.247 e. The summed E-state index contributed by atoms with van der Waals surface area (Å²) < 4.78 is 0. The second kappa shape index (κ2) is 3.73. The SMILES string of the molecule is NC(=O)C(C(N)=O)c1ccc(=O)[nH]c1. The first-order chi connectivity index (χ1) is 6.52. The minimum atomic E-state index is -1.20. The van der Waals surface area contributed by atoms with Crippen molar-refractivity contribution in [1.82, 2.24) is 4.98 Å². The number of rotatable bonds is 3. The van der Waals surface area contributed by atoms with Crippen molar-refractivity contribution in [2.24, 2.45) is 11.5 Å². The molecule has 0 saturated carbocycles. The number of aromatic amines is 1. The first-order valence-electron chi connectivity index (χ1n) is 3.79. The smallest absolute Gasteiger partial charge is 0.247 e. The number of aromatic nitrogens is 1. The van der Waals surface area contributed by atoms with E-state index in [4.69, 9.17) is 11.5 Å². The maximum atomic E-state index is 10.9. The van der Waals surface area contributed by atoms with Crippen molar-refractivity contribution in [3.63, 3.8) is 0 Å². The number of nitrogens with one attached hydrogen (secondary N) is 1. The molecule has 1 aromatic rings. The lowest BCUT2D eigenvalue weighted by Crippen LogP contribution is -2.33. The van der Waals surface area contributed by atoms with E-state index in [1.807, 2.05) is 0 Å². The molecule has 1 aromatic heterocycles. The Morgan fingerprint density at radius 1 is 1.21 bits per heavy atom. The zero-order chi connectivity index (χ0) is 10.7. The van der Waals surface area contributed by atoms with E-state index in [9.17, 15) is 14.4 Å². The molecule has 0 saturated heterocycles. The Labute approximate surface area is 78.9 Å². The summed E-state index contributed by atoms with van der Waals surface area (Å²) in [7, 11) is 0. The van der Waals surface area contributed by atoms with Crippen LogP contribution in [-0.2, 0) is 9.59 Å². The number of amides is 2. The van der Waals surface area contributed by atoms with Gasteiger partial charge in [0.15, 0.2) is 0 Å². The van der Waals surface area contributed by atoms with Gasteiger partial charge in [0.25, 0.3) is 0 Å². The number of carbonyl (C=O) groups excluding carboxylic acids is 2. The van der Waals surface area contributed by atoms with Gasteiger partial charge in [0, 0.05) is 12.3 Å². The minimum Gasteiger partial charge on any atom is -0.369 e. The molecular weight excluding hydrogens is 186 g/mol. The van der Waals surface area contributed by atoms with E-state index >= 15 is 0 Å². The normalized spacial score (nSPS) is 10.1. The van der Waals surface area contributed by atoms with Crippen LogP contribution in [0.2, 0.25) is 0 Å². The zero-order valence-electron chi connectivity index (χ0n) is 7.19. The molecule has 1 rings (SSSR count). The molecule has 14 heavy (non-hydrogen) atoms. The van der Waals surface area contributed by atoms with Gasteiger partial charge in [0.05, 0.1) is 0 Å². The van der Waals surface area contributed by atoms with Gasteiger partial charge < -0.3 is 16.5 Å². The van der Waals surface area contributed by atoms with Gasteiger partial charge in [-0.15, -0.1) is 0 Å². The van der Waals surface area contributed by atoms with Gasteiger partial charge in [-0.3, -0.25) is 14.4 Å². The van der Waals surface area contributed by atoms with Crippen LogP contribution in [0.5, 0.6) is 0 Å². The van der Waals surface area contributed by atoms with Gasteiger partial charge >= 0.3 is 0 Å². The number of carbonyl (C=O) groups is 2. The summed E-state index contributed by atoms with van der Waals surface area (Å²) in [6.45, 7) is 0. The first kappa shape index (κ1) is 9.97. The third kappa shape index (κ3) is 1.98. The van der Waals surface area contributed by atoms with Gasteiger partial charge in [-0.25, -0.2) is 0 Å². The molecule has 1 heterocycles. The van der Waals surface area contributed by atoms with Crippen LogP contribution in [0.25, 0.3) is 0 Å². The number of hydrogen-bond donors (Lipinski definition) is 3. The van der Waals surface area contributed by atoms with Gasteiger partial charge in [-0.2, -0.15) is 0 Å². The lowest BCUT2D eigenvalue weighted by molar-refractivity contribution is -0.128. The van der Waals surface area contributed by atoms with Crippen LogP contribution in [0.3, 0.4) is 0 Å². The molecule has 0 aliphatic rings. The number of primary amides is 2. The number of H-pyrrole nitrogens is 1. The Morgan fingerprint density at radius 3 is 2.14 bits per heavy atom. The van der Waals surface area contributed by atoms with Crippen molar-refractivity contribution < 1.29 is 9.59 Å². The van der Waals surface area contributed by atoms with Crippen molar-refractivity contribution in [3.8, 4) is 0 Å². The molecular formula is C8H9N3O3. The highest BCUT2D eigenvalue weighted by Crippen LogP contribution is 2.11. The number of pyridine rings is 1. The summed E-state index contributed by atoms with van der Waals surface area (Å²) in [4.78, 5) is 34.7. The lowest BCUT2D eigenvalue weighted by atomic mass is 10.00. The van der Waals surface area contributed by atoms with Crippen molar-refractivity contribution in [1.29, 1.82) is 0 Å². The molecule has 0 radical (unpaired) electrons. The lowest BCUT2D eigenvalue weighted by Gasteiger charge is -2.08. The molecule has 0 bridgehead atoms. The molecule has 6 heteroatoms. The summed E-state index contributed by atoms with van der Waals surface area (Å²) in [6.07, 6.45) is 1.24. The fourth-order valence-corrected chi connectivity index (χ4v) is 1.07. The fraction of sp³-hybridized carbons (Fsp3) is 0.125. The van der Waals surface area contributed by atoms with Crippen LogP contribution in [-0.4, -0.2) is 16.8 Å². The summed E-state index contributed by atoms with van der Waals surface area (Å²) >= 11 is 0. The largest absolute Gasteiger partial charge is 0.369 e. The van der Waals surface area contributed by atoms with Crippen LogP contribution < -0.4 is 17.0 Å². The Bertz CT molecular complexity index is 390. The Morgan fingerprint density at radius 2 is 1.79 bits per heavy atom. The molecule has 0 aliphatic carbocycles. The van der Waals surface area contributed by atoms with E-state index in [0.29, 0.717) is 0 Å². The quantitative estimate of drug-likeness (QED) is 0.505. The van der Waals surface area contributed by atoms with Gasteiger partial charge in [0.2, 0.25) is 17.4 Å². The zero-order valence-corrected chi connectivity index (χ0v) is 7.19. The van der Waals surface area contributed by atoms with Crippen LogP contribution in [0.15, 0.2) is 23.1 Å². The summed E-state index contributed by atoms with van der Waals surface area (Å²) in [5.41, 5.74) is 9.90. The maximum absolute atomic E-state index is 10.9. The predicted molar refractivity (Wildman–Crippen MR) is 48.2 cm³/mol. The third-order valence-electron chi connectivity index (χ3n) is 1.71. The average Bonchev–Trinajstić information content (AvgIpc) is 2.07. The van der Waals surface area contributed by atoms with E-state index in [-0.39, 0.29) is 11.1 Å². The molecule has 5 N–H and O–H groups in total. The highest BCUT2D eigenvalue weighted by molar-refractivity contribution is 6.04. The van der Waals surface area contributed by atoms with Gasteiger partial charge in [-0.05, 0) is 5.56 Å². The minimum absolute atomic E-state index is 0.282. The summed E-state index contributed by atoms with van der Waals surface area (Å²) in [5, 5.41) is 0. The van der Waals surface area contributed by atoms with E-state index < -0.39 is 17.7 Å². The predicted octanol–water partition coefficient (Wildman–Crippen LogP) is -1.57. The fourth-order valence-electron chi connectivity index (χ4n) is 1.07. The van der Waals surface area contributed by atoms with Gasteiger partial charge in [-0.1, -0.05) is 6.07 Å². The molecule has 0 unspecified atom stereocenters. The standard InChI is InChI=1S/C8H9N3O3/c9-7(13)6(8(10)14)4-1-2-5(12)11-3-4/h1-3,6H,(H2,9,13)(H2,10,14)(H,11,12). The molecule has 0 aliphatic heterocycles. The van der Waals surface area contributed by atoms with E-state index in [1.54, 1.807) is 0 Å². The Kier molecular flexibility index (Phi) is 2.66. The average molecular weight is 195 g/mol. The molecule has 6 nitrogen and oxygen atoms in total. The Hall–Kier alpha value is -2.11. The molecule has 0 aromatic carbocycles. The monoisotopic (exact) mass is 195 g/mol. The molecule has 2 amide bonds. The molecule has 0 atom stereocenters. The van der Waals surface area contributed by atoms with Crippen LogP contribution >= 0.6 is 0 Å². The molecule has 0 fully saturated rings. The highest BCUT2D eigenvalue weighted by atomic mass is 16.2. The third-order valence-corrected chi connectivity index (χ3v) is 1.71. The first-order valence-corrected chi connectivity index (χ1v) is 3.79. The molecule has 74 valence electrons. The van der Waals surface area contributed by atoms with E-state index in [1.165, 1.54) is 18.3 Å². The van der Waals surface area contributed by atoms with Crippen molar-refractivity contribution in [2.45, 2.75) is 5.92 Å². The van der Waals surface area contributed by atoms with Crippen LogP contribution in [0.4, 0.5) is 0 Å². The highest BCUT2D eigenvalue weighted by Gasteiger charge is 2.23. The number of hydrogen-bond acceptors (Lipinski definition) is 3. The molecule has 0 spiro atoms. The van der Waals surface area contributed by atoms with Crippen LogP contribution in [0.1, 0.15) is 11.5 Å². The topological polar surface area (TPSA) is 119 Å². The van der Waals surface area contributed by atoms with E-state index in [0.717, 1.165) is 0 Å².